The summed E-state index contributed by atoms with van der Waals surface area (Å²) in [6.45, 7) is 5.00. The van der Waals surface area contributed by atoms with Gasteiger partial charge in [-0.25, -0.2) is 0 Å². The van der Waals surface area contributed by atoms with Crippen molar-refractivity contribution in [2.45, 2.75) is 76.9 Å². The van der Waals surface area contributed by atoms with Gasteiger partial charge in [-0.2, -0.15) is 0 Å². The number of ether oxygens (including phenoxy) is 2. The molecule has 3 aromatic carbocycles. The lowest BCUT2D eigenvalue weighted by atomic mass is 9.89. The molecule has 1 aliphatic heterocycles. The number of carboxylic acids is 1. The molecule has 0 bridgehead atoms. The van der Waals surface area contributed by atoms with E-state index in [9.17, 15) is 19.8 Å². The van der Waals surface area contributed by atoms with Crippen molar-refractivity contribution in [3.63, 3.8) is 0 Å². The molecule has 1 amide bonds. The van der Waals surface area contributed by atoms with Crippen LogP contribution in [0.1, 0.15) is 79.4 Å². The molecule has 236 valence electrons. The van der Waals surface area contributed by atoms with Gasteiger partial charge in [-0.1, -0.05) is 85.8 Å². The Morgan fingerprint density at radius 2 is 1.55 bits per heavy atom. The van der Waals surface area contributed by atoms with Crippen molar-refractivity contribution in [3.05, 3.63) is 107 Å². The van der Waals surface area contributed by atoms with Crippen LogP contribution in [0.3, 0.4) is 0 Å². The lowest BCUT2D eigenvalue weighted by molar-refractivity contribution is -0.276. The highest BCUT2D eigenvalue weighted by molar-refractivity contribution is 5.76. The lowest BCUT2D eigenvalue weighted by Crippen LogP contribution is -2.46. The number of nitrogens with one attached hydrogen (secondary N) is 1. The summed E-state index contributed by atoms with van der Waals surface area (Å²) < 4.78 is 13.2. The molecule has 6 atom stereocenters. The van der Waals surface area contributed by atoms with E-state index in [1.54, 1.807) is 0 Å². The van der Waals surface area contributed by atoms with Crippen LogP contribution < -0.4 is 5.32 Å². The van der Waals surface area contributed by atoms with E-state index in [0.717, 1.165) is 27.8 Å². The number of aliphatic hydroxyl groups excluding tert-OH is 2. The third-order valence-corrected chi connectivity index (χ3v) is 8.42. The third kappa shape index (κ3) is 8.97. The maximum atomic E-state index is 12.1. The van der Waals surface area contributed by atoms with Crippen molar-refractivity contribution in [1.29, 1.82) is 0 Å². The first-order valence-electron chi connectivity index (χ1n) is 15.2. The molecular formula is C35H44N2O7. The predicted molar refractivity (Wildman–Crippen MR) is 166 cm³/mol. The number of amides is 1. The molecule has 0 aliphatic carbocycles. The molecule has 4 rings (SSSR count). The minimum absolute atomic E-state index is 0.00893. The highest BCUT2D eigenvalue weighted by Crippen LogP contribution is 2.42. The van der Waals surface area contributed by atoms with Gasteiger partial charge in [-0.3, -0.25) is 14.5 Å². The Hall–Kier alpha value is -3.60. The smallest absolute Gasteiger partial charge is 0.303 e. The first kappa shape index (κ1) is 33.3. The van der Waals surface area contributed by atoms with Gasteiger partial charge in [0, 0.05) is 43.5 Å². The minimum atomic E-state index is -0.910. The second-order valence-electron chi connectivity index (χ2n) is 11.6. The predicted octanol–water partition coefficient (Wildman–Crippen LogP) is 4.90. The number of benzene rings is 3. The Morgan fingerprint density at radius 3 is 2.18 bits per heavy atom. The number of rotatable bonds is 14. The molecule has 0 aromatic heterocycles. The molecule has 0 saturated carbocycles. The Morgan fingerprint density at radius 1 is 0.909 bits per heavy atom. The topological polar surface area (TPSA) is 129 Å². The van der Waals surface area contributed by atoms with Gasteiger partial charge in [-0.15, -0.1) is 0 Å². The van der Waals surface area contributed by atoms with Gasteiger partial charge in [0.15, 0.2) is 6.29 Å². The number of carboxylic acid groups (broad SMARTS) is 1. The highest BCUT2D eigenvalue weighted by Gasteiger charge is 2.39. The number of aliphatic carboxylic acids is 1. The maximum absolute atomic E-state index is 12.1. The molecule has 0 radical (unpaired) electrons. The number of carbonyl (C=O) groups is 2. The summed E-state index contributed by atoms with van der Waals surface area (Å²) in [7, 11) is 1.99. The molecule has 44 heavy (non-hydrogen) atoms. The van der Waals surface area contributed by atoms with E-state index in [1.807, 2.05) is 92.8 Å². The fourth-order valence-electron chi connectivity index (χ4n) is 5.43. The highest BCUT2D eigenvalue weighted by atomic mass is 16.7. The molecule has 3 aromatic rings. The molecule has 1 saturated heterocycles. The van der Waals surface area contributed by atoms with E-state index < -0.39 is 18.4 Å². The van der Waals surface area contributed by atoms with Crippen LogP contribution in [-0.4, -0.2) is 57.8 Å². The number of aliphatic hydroxyl groups is 2. The van der Waals surface area contributed by atoms with Crippen LogP contribution in [0.2, 0.25) is 0 Å². The molecule has 0 unspecified atom stereocenters. The molecular weight excluding hydrogens is 560 g/mol. The van der Waals surface area contributed by atoms with E-state index >= 15 is 0 Å². The standard InChI is InChI=1S/C35H44N2O7/c1-23-30(21-37(3)24(2)33(42)27-8-5-4-6-9-27)43-35(44-34(23)28-16-14-26(22-38)15-17-28)29-18-12-25(13-19-29)20-36-31(39)10-7-11-32(40)41/h4-6,8-9,12-19,23-24,30,33-35,38,42H,7,10-11,20-22H2,1-3H3,(H,36,39)(H,40,41)/t23-,24+,30+,33+,34+,35+/m1/s1. The Kier molecular flexibility index (Phi) is 12.1. The summed E-state index contributed by atoms with van der Waals surface area (Å²) in [6.07, 6.45) is -1.32. The largest absolute Gasteiger partial charge is 0.481 e. The summed E-state index contributed by atoms with van der Waals surface area (Å²) >= 11 is 0. The number of hydrogen-bond donors (Lipinski definition) is 4. The summed E-state index contributed by atoms with van der Waals surface area (Å²) in [5.41, 5.74) is 4.44. The maximum Gasteiger partial charge on any atom is 0.303 e. The van der Waals surface area contributed by atoms with Crippen LogP contribution in [-0.2, 0) is 32.2 Å². The van der Waals surface area contributed by atoms with Gasteiger partial charge in [0.25, 0.3) is 0 Å². The van der Waals surface area contributed by atoms with Crippen molar-refractivity contribution in [2.75, 3.05) is 13.6 Å². The number of likely N-dealkylation sites (N-methyl/N-ethyl adjacent to an activating group) is 1. The Balaban J connectivity index is 1.47. The minimum Gasteiger partial charge on any atom is -0.481 e. The van der Waals surface area contributed by atoms with Gasteiger partial charge in [0.2, 0.25) is 5.91 Å². The average Bonchev–Trinajstić information content (AvgIpc) is 3.04. The van der Waals surface area contributed by atoms with Crippen LogP contribution in [0.4, 0.5) is 0 Å². The van der Waals surface area contributed by atoms with Crippen LogP contribution in [0.25, 0.3) is 0 Å². The Bertz CT molecular complexity index is 1330. The van der Waals surface area contributed by atoms with E-state index in [1.165, 1.54) is 0 Å². The van der Waals surface area contributed by atoms with Crippen molar-refractivity contribution in [3.8, 4) is 0 Å². The molecule has 9 nitrogen and oxygen atoms in total. The second-order valence-corrected chi connectivity index (χ2v) is 11.6. The fraction of sp³-hybridized carbons (Fsp3) is 0.429. The molecule has 0 spiro atoms. The average molecular weight is 605 g/mol. The van der Waals surface area contributed by atoms with Gasteiger partial charge in [-0.05, 0) is 42.6 Å². The second kappa shape index (κ2) is 15.9. The lowest BCUT2D eigenvalue weighted by Gasteiger charge is -2.43. The summed E-state index contributed by atoms with van der Waals surface area (Å²) in [5.74, 6) is -1.10. The third-order valence-electron chi connectivity index (χ3n) is 8.42. The van der Waals surface area contributed by atoms with E-state index in [-0.39, 0.29) is 49.5 Å². The SMILES string of the molecule is C[C@@H]1[C@H](CN(C)[C@@H](C)[C@H](O)c2ccccc2)O[C@H](c2ccc(CNC(=O)CCCC(=O)O)cc2)O[C@@H]1c1ccc(CO)cc1. The molecule has 1 heterocycles. The molecule has 9 heteroatoms. The summed E-state index contributed by atoms with van der Waals surface area (Å²) in [5, 5.41) is 32.2. The first-order valence-corrected chi connectivity index (χ1v) is 15.2. The van der Waals surface area contributed by atoms with E-state index in [0.29, 0.717) is 19.5 Å². The van der Waals surface area contributed by atoms with Crippen LogP contribution in [0, 0.1) is 5.92 Å². The zero-order valence-electron chi connectivity index (χ0n) is 25.6. The molecule has 1 aliphatic rings. The van der Waals surface area contributed by atoms with Gasteiger partial charge >= 0.3 is 5.97 Å². The number of nitrogens with zero attached hydrogens (tertiary/aromatic N) is 1. The van der Waals surface area contributed by atoms with E-state index in [4.69, 9.17) is 14.6 Å². The van der Waals surface area contributed by atoms with Crippen LogP contribution >= 0.6 is 0 Å². The van der Waals surface area contributed by atoms with Crippen LogP contribution in [0.5, 0.6) is 0 Å². The van der Waals surface area contributed by atoms with Gasteiger partial charge < -0.3 is 30.1 Å². The zero-order valence-corrected chi connectivity index (χ0v) is 25.6. The van der Waals surface area contributed by atoms with Crippen LogP contribution in [0.15, 0.2) is 78.9 Å². The normalized spacial score (nSPS) is 21.5. The van der Waals surface area contributed by atoms with Crippen molar-refractivity contribution < 1.29 is 34.4 Å². The van der Waals surface area contributed by atoms with E-state index in [2.05, 4.69) is 17.1 Å². The summed E-state index contributed by atoms with van der Waals surface area (Å²) in [4.78, 5) is 24.9. The van der Waals surface area contributed by atoms with Crippen molar-refractivity contribution >= 4 is 11.9 Å². The molecule has 4 N–H and O–H groups in total. The van der Waals surface area contributed by atoms with Gasteiger partial charge in [0.1, 0.15) is 0 Å². The zero-order chi connectivity index (χ0) is 31.6. The summed E-state index contributed by atoms with van der Waals surface area (Å²) in [6, 6.07) is 25.0. The fourth-order valence-corrected chi connectivity index (χ4v) is 5.43. The quantitative estimate of drug-likeness (QED) is 0.205. The monoisotopic (exact) mass is 604 g/mol. The molecule has 1 fully saturated rings. The Labute approximate surface area is 259 Å². The first-order chi connectivity index (χ1) is 21.2. The number of carbonyl (C=O) groups excluding carboxylic acids is 1. The number of hydrogen-bond acceptors (Lipinski definition) is 7. The van der Waals surface area contributed by atoms with Crippen molar-refractivity contribution in [2.24, 2.45) is 5.92 Å². The van der Waals surface area contributed by atoms with Gasteiger partial charge in [0.05, 0.1) is 24.9 Å². The van der Waals surface area contributed by atoms with Crippen molar-refractivity contribution in [1.82, 2.24) is 10.2 Å².